The standard InChI is InChI=1S/C15H23NO3/c1-3-7-16-8-9-18-10-11-19-15(17)14-6-4-5-13(2)12-14/h4-6,12,16H,3,7-11H2,1-2H3. The molecule has 0 heterocycles. The minimum Gasteiger partial charge on any atom is -0.460 e. The smallest absolute Gasteiger partial charge is 0.338 e. The predicted octanol–water partition coefficient (Wildman–Crippen LogP) is 2.17. The minimum absolute atomic E-state index is 0.292. The highest BCUT2D eigenvalue weighted by Crippen LogP contribution is 2.05. The van der Waals surface area contributed by atoms with E-state index in [-0.39, 0.29) is 5.97 Å². The number of aryl methyl sites for hydroxylation is 1. The number of ether oxygens (including phenoxy) is 2. The van der Waals surface area contributed by atoms with Crippen LogP contribution in [0.25, 0.3) is 0 Å². The molecule has 0 aromatic heterocycles. The van der Waals surface area contributed by atoms with E-state index < -0.39 is 0 Å². The first kappa shape index (κ1) is 15.7. The quantitative estimate of drug-likeness (QED) is 0.549. The number of hydrogen-bond donors (Lipinski definition) is 1. The van der Waals surface area contributed by atoms with E-state index >= 15 is 0 Å². The highest BCUT2D eigenvalue weighted by molar-refractivity contribution is 5.89. The van der Waals surface area contributed by atoms with Crippen LogP contribution in [0.1, 0.15) is 29.3 Å². The first-order valence-corrected chi connectivity index (χ1v) is 6.76. The third-order valence-electron chi connectivity index (χ3n) is 2.56. The van der Waals surface area contributed by atoms with E-state index in [1.54, 1.807) is 6.07 Å². The first-order valence-electron chi connectivity index (χ1n) is 6.76. The highest BCUT2D eigenvalue weighted by atomic mass is 16.6. The SMILES string of the molecule is CCCNCCOCCOC(=O)c1cccc(C)c1. The molecule has 1 aromatic rings. The van der Waals surface area contributed by atoms with E-state index in [4.69, 9.17) is 9.47 Å². The third-order valence-corrected chi connectivity index (χ3v) is 2.56. The van der Waals surface area contributed by atoms with Crippen molar-refractivity contribution in [3.63, 3.8) is 0 Å². The van der Waals surface area contributed by atoms with Crippen LogP contribution in [0.4, 0.5) is 0 Å². The second kappa shape index (κ2) is 9.53. The second-order valence-corrected chi connectivity index (χ2v) is 4.37. The van der Waals surface area contributed by atoms with Gasteiger partial charge < -0.3 is 14.8 Å². The summed E-state index contributed by atoms with van der Waals surface area (Å²) in [5, 5.41) is 3.23. The minimum atomic E-state index is -0.295. The summed E-state index contributed by atoms with van der Waals surface area (Å²) >= 11 is 0. The van der Waals surface area contributed by atoms with Crippen molar-refractivity contribution in [1.29, 1.82) is 0 Å². The number of carbonyl (C=O) groups excluding carboxylic acids is 1. The molecule has 1 rings (SSSR count). The maximum atomic E-state index is 11.7. The summed E-state index contributed by atoms with van der Waals surface area (Å²) in [4.78, 5) is 11.7. The topological polar surface area (TPSA) is 47.6 Å². The van der Waals surface area contributed by atoms with E-state index in [2.05, 4.69) is 12.2 Å². The fourth-order valence-electron chi connectivity index (χ4n) is 1.60. The maximum absolute atomic E-state index is 11.7. The number of nitrogens with one attached hydrogen (secondary N) is 1. The number of hydrogen-bond acceptors (Lipinski definition) is 4. The molecule has 0 fully saturated rings. The second-order valence-electron chi connectivity index (χ2n) is 4.37. The Bertz CT molecular complexity index is 379. The summed E-state index contributed by atoms with van der Waals surface area (Å²) in [5.74, 6) is -0.295. The summed E-state index contributed by atoms with van der Waals surface area (Å²) in [7, 11) is 0. The Labute approximate surface area is 115 Å². The van der Waals surface area contributed by atoms with Gasteiger partial charge in [-0.3, -0.25) is 0 Å². The van der Waals surface area contributed by atoms with E-state index in [1.807, 2.05) is 25.1 Å². The maximum Gasteiger partial charge on any atom is 0.338 e. The average Bonchev–Trinajstić information content (AvgIpc) is 2.41. The van der Waals surface area contributed by atoms with Crippen LogP contribution in [0.15, 0.2) is 24.3 Å². The van der Waals surface area contributed by atoms with Crippen LogP contribution in [0, 0.1) is 6.92 Å². The third kappa shape index (κ3) is 6.94. The van der Waals surface area contributed by atoms with Crippen molar-refractivity contribution in [3.8, 4) is 0 Å². The molecule has 4 nitrogen and oxygen atoms in total. The zero-order chi connectivity index (χ0) is 13.9. The Morgan fingerprint density at radius 2 is 2.05 bits per heavy atom. The van der Waals surface area contributed by atoms with Crippen molar-refractivity contribution in [3.05, 3.63) is 35.4 Å². The van der Waals surface area contributed by atoms with Gasteiger partial charge in [-0.15, -0.1) is 0 Å². The largest absolute Gasteiger partial charge is 0.460 e. The van der Waals surface area contributed by atoms with Crippen LogP contribution in [-0.2, 0) is 9.47 Å². The molecule has 0 atom stereocenters. The van der Waals surface area contributed by atoms with Gasteiger partial charge in [0.2, 0.25) is 0 Å². The fourth-order valence-corrected chi connectivity index (χ4v) is 1.60. The van der Waals surface area contributed by atoms with Crippen LogP contribution in [-0.4, -0.2) is 38.9 Å². The molecule has 0 saturated carbocycles. The molecule has 0 saturated heterocycles. The number of carbonyl (C=O) groups is 1. The number of benzene rings is 1. The lowest BCUT2D eigenvalue weighted by Gasteiger charge is -2.07. The van der Waals surface area contributed by atoms with Gasteiger partial charge in [-0.2, -0.15) is 0 Å². The van der Waals surface area contributed by atoms with Crippen LogP contribution >= 0.6 is 0 Å². The average molecular weight is 265 g/mol. The van der Waals surface area contributed by atoms with Crippen LogP contribution in [0.3, 0.4) is 0 Å². The van der Waals surface area contributed by atoms with Crippen molar-refractivity contribution in [2.24, 2.45) is 0 Å². The molecule has 0 radical (unpaired) electrons. The van der Waals surface area contributed by atoms with Crippen molar-refractivity contribution in [1.82, 2.24) is 5.32 Å². The van der Waals surface area contributed by atoms with Gasteiger partial charge in [0.1, 0.15) is 6.61 Å². The van der Waals surface area contributed by atoms with Crippen molar-refractivity contribution < 1.29 is 14.3 Å². The van der Waals surface area contributed by atoms with Gasteiger partial charge >= 0.3 is 5.97 Å². The molecule has 0 aliphatic heterocycles. The zero-order valence-corrected chi connectivity index (χ0v) is 11.8. The Morgan fingerprint density at radius 1 is 1.21 bits per heavy atom. The van der Waals surface area contributed by atoms with Gasteiger partial charge in [0.25, 0.3) is 0 Å². The molecular weight excluding hydrogens is 242 g/mol. The lowest BCUT2D eigenvalue weighted by atomic mass is 10.1. The highest BCUT2D eigenvalue weighted by Gasteiger charge is 2.06. The number of esters is 1. The molecule has 0 unspecified atom stereocenters. The first-order chi connectivity index (χ1) is 9.24. The molecule has 4 heteroatoms. The summed E-state index contributed by atoms with van der Waals surface area (Å²) in [6.07, 6.45) is 1.12. The molecule has 0 spiro atoms. The van der Waals surface area contributed by atoms with Crippen LogP contribution in [0.5, 0.6) is 0 Å². The van der Waals surface area contributed by atoms with Gasteiger partial charge in [0, 0.05) is 6.54 Å². The van der Waals surface area contributed by atoms with Crippen LogP contribution in [0.2, 0.25) is 0 Å². The molecule has 1 N–H and O–H groups in total. The Balaban J connectivity index is 2.08. The molecule has 0 amide bonds. The van der Waals surface area contributed by atoms with Gasteiger partial charge in [-0.05, 0) is 32.0 Å². The monoisotopic (exact) mass is 265 g/mol. The normalized spacial score (nSPS) is 10.4. The van der Waals surface area contributed by atoms with Crippen LogP contribution < -0.4 is 5.32 Å². The summed E-state index contributed by atoms with van der Waals surface area (Å²) in [5.41, 5.74) is 1.64. The zero-order valence-electron chi connectivity index (χ0n) is 11.8. The Hall–Kier alpha value is -1.39. The summed E-state index contributed by atoms with van der Waals surface area (Å²) in [6.45, 7) is 7.28. The molecule has 0 bridgehead atoms. The van der Waals surface area contributed by atoms with E-state index in [0.717, 1.165) is 25.1 Å². The van der Waals surface area contributed by atoms with Crippen molar-refractivity contribution in [2.45, 2.75) is 20.3 Å². The fraction of sp³-hybridized carbons (Fsp3) is 0.533. The van der Waals surface area contributed by atoms with Gasteiger partial charge in [-0.1, -0.05) is 24.6 Å². The van der Waals surface area contributed by atoms with E-state index in [9.17, 15) is 4.79 Å². The molecule has 0 aliphatic carbocycles. The van der Waals surface area contributed by atoms with Crippen molar-refractivity contribution in [2.75, 3.05) is 32.9 Å². The molecule has 106 valence electrons. The van der Waals surface area contributed by atoms with Gasteiger partial charge in [0.05, 0.1) is 18.8 Å². The summed E-state index contributed by atoms with van der Waals surface area (Å²) in [6, 6.07) is 7.37. The predicted molar refractivity (Wildman–Crippen MR) is 75.4 cm³/mol. The van der Waals surface area contributed by atoms with E-state index in [0.29, 0.717) is 25.4 Å². The summed E-state index contributed by atoms with van der Waals surface area (Å²) < 4.78 is 10.5. The lowest BCUT2D eigenvalue weighted by molar-refractivity contribution is 0.0322. The molecule has 0 aliphatic rings. The Morgan fingerprint density at radius 3 is 2.79 bits per heavy atom. The van der Waals surface area contributed by atoms with Crippen molar-refractivity contribution >= 4 is 5.97 Å². The number of rotatable bonds is 9. The van der Waals surface area contributed by atoms with Gasteiger partial charge in [-0.25, -0.2) is 4.79 Å². The molecule has 1 aromatic carbocycles. The Kier molecular flexibility index (Phi) is 7.86. The molecular formula is C15H23NO3. The van der Waals surface area contributed by atoms with E-state index in [1.165, 1.54) is 0 Å². The van der Waals surface area contributed by atoms with Gasteiger partial charge in [0.15, 0.2) is 0 Å². The lowest BCUT2D eigenvalue weighted by Crippen LogP contribution is -2.21. The molecule has 19 heavy (non-hydrogen) atoms.